The average Bonchev–Trinajstić information content (AvgIpc) is 3.63. The summed E-state index contributed by atoms with van der Waals surface area (Å²) in [5.74, 6) is 0.307. The molecule has 1 aliphatic carbocycles. The van der Waals surface area contributed by atoms with Crippen LogP contribution < -0.4 is 5.73 Å². The Morgan fingerprint density at radius 3 is 2.76 bits per heavy atom. The van der Waals surface area contributed by atoms with Crippen molar-refractivity contribution in [3.05, 3.63) is 61.1 Å². The minimum Gasteiger partial charge on any atom is -0.368 e. The second-order valence-electron chi connectivity index (χ2n) is 8.86. The van der Waals surface area contributed by atoms with Crippen LogP contribution in [-0.2, 0) is 0 Å². The third-order valence-corrected chi connectivity index (χ3v) is 8.01. The van der Waals surface area contributed by atoms with Gasteiger partial charge in [-0.15, -0.1) is 11.3 Å². The number of aromatic amines is 1. The second-order valence-corrected chi connectivity index (χ2v) is 9.94. The minimum atomic E-state index is 0.307. The molecule has 0 spiro atoms. The van der Waals surface area contributed by atoms with E-state index in [1.54, 1.807) is 11.3 Å². The summed E-state index contributed by atoms with van der Waals surface area (Å²) in [5.41, 5.74) is 12.4. The largest absolute Gasteiger partial charge is 0.368 e. The SMILES string of the molecule is Nc1ncc2c(n1)c(-c1cc(-c3cc4ccccc4s3)c3[nH]ncc3c1)cn2C1CCCC1. The topological polar surface area (TPSA) is 85.4 Å². The molecule has 4 heterocycles. The van der Waals surface area contributed by atoms with Gasteiger partial charge in [-0.3, -0.25) is 5.10 Å². The van der Waals surface area contributed by atoms with E-state index in [0.717, 1.165) is 38.6 Å². The number of nitrogens with two attached hydrogens (primary N) is 1. The molecule has 6 aromatic rings. The number of benzene rings is 2. The van der Waals surface area contributed by atoms with Crippen LogP contribution >= 0.6 is 11.3 Å². The van der Waals surface area contributed by atoms with Gasteiger partial charge in [-0.05, 0) is 48.1 Å². The molecule has 2 aromatic carbocycles. The summed E-state index contributed by atoms with van der Waals surface area (Å²) in [6.45, 7) is 0. The molecule has 6 nitrogen and oxygen atoms in total. The van der Waals surface area contributed by atoms with E-state index in [2.05, 4.69) is 73.4 Å². The molecule has 0 atom stereocenters. The summed E-state index contributed by atoms with van der Waals surface area (Å²) in [4.78, 5) is 10.2. The van der Waals surface area contributed by atoms with Crippen molar-refractivity contribution in [3.63, 3.8) is 0 Å². The Kier molecular flexibility index (Phi) is 4.08. The summed E-state index contributed by atoms with van der Waals surface area (Å²) in [7, 11) is 0. The molecule has 0 unspecified atom stereocenters. The van der Waals surface area contributed by atoms with Gasteiger partial charge in [-0.25, -0.2) is 9.97 Å². The van der Waals surface area contributed by atoms with Gasteiger partial charge >= 0.3 is 0 Å². The molecule has 7 heteroatoms. The van der Waals surface area contributed by atoms with Crippen molar-refractivity contribution < 1.29 is 0 Å². The van der Waals surface area contributed by atoms with Crippen molar-refractivity contribution in [1.82, 2.24) is 24.7 Å². The van der Waals surface area contributed by atoms with Crippen LogP contribution in [0, 0.1) is 0 Å². The molecule has 0 radical (unpaired) electrons. The third kappa shape index (κ3) is 2.96. The summed E-state index contributed by atoms with van der Waals surface area (Å²) < 4.78 is 3.65. The lowest BCUT2D eigenvalue weighted by molar-refractivity contribution is 0.535. The van der Waals surface area contributed by atoms with E-state index in [1.165, 1.54) is 40.6 Å². The molecule has 162 valence electrons. The Bertz CT molecular complexity index is 1620. The van der Waals surface area contributed by atoms with Crippen LogP contribution in [0.1, 0.15) is 31.7 Å². The monoisotopic (exact) mass is 450 g/mol. The quantitative estimate of drug-likeness (QED) is 0.320. The highest BCUT2D eigenvalue weighted by atomic mass is 32.1. The first-order valence-corrected chi connectivity index (χ1v) is 12.2. The highest BCUT2D eigenvalue weighted by Gasteiger charge is 2.23. The lowest BCUT2D eigenvalue weighted by atomic mass is 10.0. The number of nitrogen functional groups attached to an aromatic ring is 1. The lowest BCUT2D eigenvalue weighted by Gasteiger charge is -2.12. The number of H-pyrrole nitrogens is 1. The van der Waals surface area contributed by atoms with Crippen LogP contribution in [0.2, 0.25) is 0 Å². The zero-order valence-electron chi connectivity index (χ0n) is 18.0. The lowest BCUT2D eigenvalue weighted by Crippen LogP contribution is -2.03. The predicted molar refractivity (Wildman–Crippen MR) is 135 cm³/mol. The number of nitrogens with one attached hydrogen (secondary N) is 1. The highest BCUT2D eigenvalue weighted by Crippen LogP contribution is 2.42. The fraction of sp³-hybridized carbons (Fsp3) is 0.192. The van der Waals surface area contributed by atoms with E-state index >= 15 is 0 Å². The fourth-order valence-corrected chi connectivity index (χ4v) is 6.35. The number of aromatic nitrogens is 5. The van der Waals surface area contributed by atoms with Gasteiger partial charge in [0.2, 0.25) is 5.95 Å². The molecule has 0 amide bonds. The zero-order valence-corrected chi connectivity index (χ0v) is 18.8. The van der Waals surface area contributed by atoms with E-state index in [0.29, 0.717) is 12.0 Å². The van der Waals surface area contributed by atoms with Crippen molar-refractivity contribution in [2.24, 2.45) is 0 Å². The van der Waals surface area contributed by atoms with E-state index in [1.807, 2.05) is 12.4 Å². The molecule has 1 saturated carbocycles. The molecule has 1 fully saturated rings. The Hall–Kier alpha value is -3.71. The predicted octanol–water partition coefficient (Wildman–Crippen LogP) is 6.55. The van der Waals surface area contributed by atoms with Gasteiger partial charge in [-0.1, -0.05) is 31.0 Å². The van der Waals surface area contributed by atoms with Crippen LogP contribution in [0.4, 0.5) is 5.95 Å². The first-order chi connectivity index (χ1) is 16.2. The molecule has 0 saturated heterocycles. The third-order valence-electron chi connectivity index (χ3n) is 6.86. The maximum Gasteiger partial charge on any atom is 0.220 e. The zero-order chi connectivity index (χ0) is 21.9. The van der Waals surface area contributed by atoms with Crippen LogP contribution in [0.3, 0.4) is 0 Å². The van der Waals surface area contributed by atoms with Crippen LogP contribution in [0.5, 0.6) is 0 Å². The number of thiophene rings is 1. The van der Waals surface area contributed by atoms with Gasteiger partial charge in [0.05, 0.1) is 23.4 Å². The van der Waals surface area contributed by atoms with Crippen molar-refractivity contribution in [1.29, 1.82) is 0 Å². The summed E-state index contributed by atoms with van der Waals surface area (Å²) in [5, 5.41) is 9.91. The molecule has 3 N–H and O–H groups in total. The molecule has 0 bridgehead atoms. The Balaban J connectivity index is 1.48. The number of nitrogens with zero attached hydrogens (tertiary/aromatic N) is 4. The smallest absolute Gasteiger partial charge is 0.220 e. The van der Waals surface area contributed by atoms with Gasteiger partial charge in [0.15, 0.2) is 0 Å². The number of hydrogen-bond acceptors (Lipinski definition) is 5. The summed E-state index contributed by atoms with van der Waals surface area (Å²) in [6.07, 6.45) is 11.0. The molecule has 1 aliphatic rings. The average molecular weight is 451 g/mol. The van der Waals surface area contributed by atoms with E-state index in [9.17, 15) is 0 Å². The van der Waals surface area contributed by atoms with Crippen molar-refractivity contribution in [2.75, 3.05) is 5.73 Å². The first kappa shape index (κ1) is 18.8. The van der Waals surface area contributed by atoms with Crippen molar-refractivity contribution >= 4 is 49.3 Å². The molecule has 4 aromatic heterocycles. The van der Waals surface area contributed by atoms with Gasteiger partial charge in [0.25, 0.3) is 0 Å². The Labute approximate surface area is 194 Å². The van der Waals surface area contributed by atoms with E-state index in [4.69, 9.17) is 5.73 Å². The van der Waals surface area contributed by atoms with Crippen molar-refractivity contribution in [2.45, 2.75) is 31.7 Å². The summed E-state index contributed by atoms with van der Waals surface area (Å²) in [6, 6.07) is 15.7. The second kappa shape index (κ2) is 7.15. The Morgan fingerprint density at radius 2 is 1.88 bits per heavy atom. The van der Waals surface area contributed by atoms with Crippen LogP contribution in [-0.4, -0.2) is 24.7 Å². The molecular formula is C26H22N6S. The molecule has 33 heavy (non-hydrogen) atoms. The van der Waals surface area contributed by atoms with Gasteiger partial charge in [0.1, 0.15) is 5.52 Å². The van der Waals surface area contributed by atoms with Crippen molar-refractivity contribution in [3.8, 4) is 21.6 Å². The molecule has 0 aliphatic heterocycles. The van der Waals surface area contributed by atoms with Gasteiger partial charge in [0, 0.05) is 38.3 Å². The maximum absolute atomic E-state index is 6.03. The van der Waals surface area contributed by atoms with E-state index < -0.39 is 0 Å². The number of anilines is 1. The standard InChI is InChI=1S/C26H22N6S/c27-26-28-13-21-25(30-26)20(14-32(21)18-6-2-3-7-18)16-9-17-12-29-31-24(17)19(10-16)23-11-15-5-1-4-8-22(15)33-23/h1,4-5,8-14,18H,2-3,6-7H2,(H,29,31)(H2,27,28,30). The van der Waals surface area contributed by atoms with E-state index in [-0.39, 0.29) is 0 Å². The Morgan fingerprint density at radius 1 is 1.00 bits per heavy atom. The minimum absolute atomic E-state index is 0.307. The van der Waals surface area contributed by atoms with Crippen LogP contribution in [0.15, 0.2) is 61.1 Å². The first-order valence-electron chi connectivity index (χ1n) is 11.3. The maximum atomic E-state index is 6.03. The number of fused-ring (bicyclic) bond motifs is 3. The molecule has 7 rings (SSSR count). The van der Waals surface area contributed by atoms with Gasteiger partial charge in [-0.2, -0.15) is 5.10 Å². The molecular weight excluding hydrogens is 428 g/mol. The highest BCUT2D eigenvalue weighted by molar-refractivity contribution is 7.22. The van der Waals surface area contributed by atoms with Gasteiger partial charge < -0.3 is 10.3 Å². The number of hydrogen-bond donors (Lipinski definition) is 2. The summed E-state index contributed by atoms with van der Waals surface area (Å²) >= 11 is 1.81. The van der Waals surface area contributed by atoms with Crippen LogP contribution in [0.25, 0.3) is 53.6 Å². The number of rotatable bonds is 3. The normalized spacial score (nSPS) is 14.8. The fourth-order valence-electron chi connectivity index (χ4n) is 5.26.